The number of nitrogens with one attached hydrogen (secondary N) is 2. The number of carbonyl (C=O) groups is 2. The van der Waals surface area contributed by atoms with Gasteiger partial charge in [-0.1, -0.05) is 37.6 Å². The molecule has 0 radical (unpaired) electrons. The molecule has 0 saturated carbocycles. The average molecular weight is 455 g/mol. The molecule has 1 amide bonds. The summed E-state index contributed by atoms with van der Waals surface area (Å²) in [5, 5.41) is 14.5. The first kappa shape index (κ1) is 22.2. The van der Waals surface area contributed by atoms with Gasteiger partial charge in [0.2, 0.25) is 5.91 Å². The third-order valence-corrected chi connectivity index (χ3v) is 6.12. The van der Waals surface area contributed by atoms with Gasteiger partial charge >= 0.3 is 5.97 Å². The first-order valence-electron chi connectivity index (χ1n) is 10.7. The molecular weight excluding hydrogens is 428 g/mol. The molecule has 0 spiro atoms. The van der Waals surface area contributed by atoms with Crippen molar-refractivity contribution in [3.05, 3.63) is 59.2 Å². The minimum Gasteiger partial charge on any atom is -0.480 e. The second-order valence-electron chi connectivity index (χ2n) is 8.39. The van der Waals surface area contributed by atoms with E-state index in [2.05, 4.69) is 15.2 Å². The number of H-pyrrole nitrogens is 1. The van der Waals surface area contributed by atoms with Gasteiger partial charge in [0, 0.05) is 71.2 Å². The summed E-state index contributed by atoms with van der Waals surface area (Å²) in [5.41, 5.74) is 3.26. The second-order valence-corrected chi connectivity index (χ2v) is 8.83. The molecule has 1 saturated heterocycles. The number of benzene rings is 2. The van der Waals surface area contributed by atoms with Crippen molar-refractivity contribution in [3.63, 3.8) is 0 Å². The van der Waals surface area contributed by atoms with Crippen LogP contribution in [0, 0.1) is 5.92 Å². The monoisotopic (exact) mass is 454 g/mol. The third kappa shape index (κ3) is 4.59. The number of aliphatic carboxylic acids is 1. The van der Waals surface area contributed by atoms with E-state index in [0.29, 0.717) is 23.8 Å². The SMILES string of the molecule is CC(C)C(=O)Nc1ccc2c(C(C(=O)O)N3CCN(c4cccc(Cl)c4)CC3)c[nH]c2c1. The van der Waals surface area contributed by atoms with Crippen molar-refractivity contribution >= 4 is 45.8 Å². The molecule has 3 N–H and O–H groups in total. The van der Waals surface area contributed by atoms with Crippen molar-refractivity contribution in [1.82, 2.24) is 9.88 Å². The smallest absolute Gasteiger partial charge is 0.325 e. The molecule has 0 bridgehead atoms. The quantitative estimate of drug-likeness (QED) is 0.515. The average Bonchev–Trinajstić information content (AvgIpc) is 3.17. The fourth-order valence-corrected chi connectivity index (χ4v) is 4.32. The largest absolute Gasteiger partial charge is 0.480 e. The number of piperazine rings is 1. The van der Waals surface area contributed by atoms with E-state index in [1.54, 1.807) is 6.20 Å². The molecule has 2 heterocycles. The van der Waals surface area contributed by atoms with Crippen LogP contribution < -0.4 is 10.2 Å². The minimum absolute atomic E-state index is 0.0582. The Morgan fingerprint density at radius 2 is 1.84 bits per heavy atom. The molecule has 2 aromatic carbocycles. The summed E-state index contributed by atoms with van der Waals surface area (Å²) in [4.78, 5) is 31.7. The van der Waals surface area contributed by atoms with Gasteiger partial charge < -0.3 is 20.3 Å². The summed E-state index contributed by atoms with van der Waals surface area (Å²) in [5.74, 6) is -1.05. The molecule has 1 unspecified atom stereocenters. The predicted octanol–water partition coefficient (Wildman–Crippen LogP) is 4.36. The number of anilines is 2. The Labute approximate surface area is 192 Å². The highest BCUT2D eigenvalue weighted by atomic mass is 35.5. The Bertz CT molecular complexity index is 1140. The summed E-state index contributed by atoms with van der Waals surface area (Å²) in [6.07, 6.45) is 1.76. The van der Waals surface area contributed by atoms with E-state index in [9.17, 15) is 14.7 Å². The van der Waals surface area contributed by atoms with Crippen LogP contribution in [0.3, 0.4) is 0 Å². The number of fused-ring (bicyclic) bond motifs is 1. The van der Waals surface area contributed by atoms with E-state index in [0.717, 1.165) is 35.2 Å². The molecule has 1 aromatic heterocycles. The van der Waals surface area contributed by atoms with Gasteiger partial charge in [0.25, 0.3) is 0 Å². The van der Waals surface area contributed by atoms with Crippen molar-refractivity contribution in [2.75, 3.05) is 36.4 Å². The van der Waals surface area contributed by atoms with Gasteiger partial charge in [0.1, 0.15) is 6.04 Å². The van der Waals surface area contributed by atoms with Crippen LogP contribution in [0.25, 0.3) is 10.9 Å². The van der Waals surface area contributed by atoms with Gasteiger partial charge in [0.15, 0.2) is 0 Å². The van der Waals surface area contributed by atoms with Gasteiger partial charge in [-0.05, 0) is 30.3 Å². The number of carbonyl (C=O) groups excluding carboxylic acids is 1. The standard InChI is InChI=1S/C24H27ClN4O3/c1-15(2)23(30)27-17-6-7-19-20(14-26-21(19)13-17)22(24(31)32)29-10-8-28(9-11-29)18-5-3-4-16(25)12-18/h3-7,12-15,22,26H,8-11H2,1-2H3,(H,27,30)(H,31,32). The Morgan fingerprint density at radius 1 is 1.09 bits per heavy atom. The Morgan fingerprint density at radius 3 is 2.50 bits per heavy atom. The van der Waals surface area contributed by atoms with Gasteiger partial charge in [-0.15, -0.1) is 0 Å². The predicted molar refractivity (Wildman–Crippen MR) is 127 cm³/mol. The molecular formula is C24H27ClN4O3. The number of carboxylic acid groups (broad SMARTS) is 1. The van der Waals surface area contributed by atoms with E-state index in [1.165, 1.54) is 0 Å². The van der Waals surface area contributed by atoms with Crippen LogP contribution in [-0.4, -0.2) is 53.0 Å². The Balaban J connectivity index is 1.53. The van der Waals surface area contributed by atoms with Crippen LogP contribution >= 0.6 is 11.6 Å². The number of halogens is 1. The number of rotatable bonds is 6. The maximum atomic E-state index is 12.3. The number of nitrogens with zero attached hydrogens (tertiary/aromatic N) is 2. The molecule has 1 aliphatic heterocycles. The van der Waals surface area contributed by atoms with E-state index >= 15 is 0 Å². The molecule has 4 rings (SSSR count). The van der Waals surface area contributed by atoms with E-state index in [-0.39, 0.29) is 11.8 Å². The van der Waals surface area contributed by atoms with Crippen molar-refractivity contribution in [3.8, 4) is 0 Å². The minimum atomic E-state index is -0.876. The summed E-state index contributed by atoms with van der Waals surface area (Å²) >= 11 is 6.12. The van der Waals surface area contributed by atoms with Crippen LogP contribution in [0.2, 0.25) is 5.02 Å². The summed E-state index contributed by atoms with van der Waals surface area (Å²) in [6, 6.07) is 12.5. The van der Waals surface area contributed by atoms with Crippen LogP contribution in [-0.2, 0) is 9.59 Å². The zero-order valence-corrected chi connectivity index (χ0v) is 18.9. The second kappa shape index (κ2) is 9.22. The first-order valence-corrected chi connectivity index (χ1v) is 11.1. The van der Waals surface area contributed by atoms with Crippen LogP contribution in [0.1, 0.15) is 25.5 Å². The highest BCUT2D eigenvalue weighted by Gasteiger charge is 2.32. The summed E-state index contributed by atoms with van der Waals surface area (Å²) in [6.45, 7) is 6.36. The lowest BCUT2D eigenvalue weighted by Crippen LogP contribution is -2.49. The highest BCUT2D eigenvalue weighted by Crippen LogP contribution is 2.32. The molecule has 1 atom stereocenters. The zero-order valence-electron chi connectivity index (χ0n) is 18.1. The molecule has 0 aliphatic carbocycles. The number of hydrogen-bond acceptors (Lipinski definition) is 4. The number of aromatic amines is 1. The van der Waals surface area contributed by atoms with E-state index < -0.39 is 12.0 Å². The maximum Gasteiger partial charge on any atom is 0.325 e. The third-order valence-electron chi connectivity index (χ3n) is 5.89. The zero-order chi connectivity index (χ0) is 22.8. The van der Waals surface area contributed by atoms with Crippen LogP contribution in [0.15, 0.2) is 48.7 Å². The molecule has 8 heteroatoms. The van der Waals surface area contributed by atoms with Crippen LogP contribution in [0.4, 0.5) is 11.4 Å². The van der Waals surface area contributed by atoms with Gasteiger partial charge in [-0.25, -0.2) is 0 Å². The number of carboxylic acids is 1. The lowest BCUT2D eigenvalue weighted by molar-refractivity contribution is -0.143. The summed E-state index contributed by atoms with van der Waals surface area (Å²) in [7, 11) is 0. The fraction of sp³-hybridized carbons (Fsp3) is 0.333. The number of amides is 1. The lowest BCUT2D eigenvalue weighted by Gasteiger charge is -2.38. The molecule has 32 heavy (non-hydrogen) atoms. The molecule has 7 nitrogen and oxygen atoms in total. The fourth-order valence-electron chi connectivity index (χ4n) is 4.14. The van der Waals surface area contributed by atoms with Gasteiger partial charge in [0.05, 0.1) is 0 Å². The first-order chi connectivity index (χ1) is 15.3. The topological polar surface area (TPSA) is 88.7 Å². The van der Waals surface area contributed by atoms with Crippen molar-refractivity contribution in [1.29, 1.82) is 0 Å². The summed E-state index contributed by atoms with van der Waals surface area (Å²) < 4.78 is 0. The molecule has 168 valence electrons. The molecule has 1 fully saturated rings. The number of hydrogen-bond donors (Lipinski definition) is 3. The Hall–Kier alpha value is -3.03. The maximum absolute atomic E-state index is 12.3. The van der Waals surface area contributed by atoms with Gasteiger partial charge in [-0.3, -0.25) is 14.5 Å². The van der Waals surface area contributed by atoms with E-state index in [1.807, 2.05) is 61.2 Å². The lowest BCUT2D eigenvalue weighted by atomic mass is 10.0. The highest BCUT2D eigenvalue weighted by molar-refractivity contribution is 6.30. The van der Waals surface area contributed by atoms with Crippen molar-refractivity contribution < 1.29 is 14.7 Å². The molecule has 3 aromatic rings. The van der Waals surface area contributed by atoms with E-state index in [4.69, 9.17) is 11.6 Å². The number of aromatic nitrogens is 1. The van der Waals surface area contributed by atoms with Gasteiger partial charge in [-0.2, -0.15) is 0 Å². The van der Waals surface area contributed by atoms with Crippen molar-refractivity contribution in [2.45, 2.75) is 19.9 Å². The molecule has 1 aliphatic rings. The normalized spacial score (nSPS) is 15.8. The Kier molecular flexibility index (Phi) is 6.39. The van der Waals surface area contributed by atoms with Crippen LogP contribution in [0.5, 0.6) is 0 Å². The van der Waals surface area contributed by atoms with Crippen molar-refractivity contribution in [2.24, 2.45) is 5.92 Å².